The highest BCUT2D eigenvalue weighted by atomic mass is 16.5. The van der Waals surface area contributed by atoms with Crippen LogP contribution in [0.4, 0.5) is 0 Å². The van der Waals surface area contributed by atoms with Gasteiger partial charge >= 0.3 is 0 Å². The Morgan fingerprint density at radius 3 is 2.65 bits per heavy atom. The smallest absolute Gasteiger partial charge is 0.260 e. The molecule has 2 heterocycles. The summed E-state index contributed by atoms with van der Waals surface area (Å²) in [5.74, 6) is 0.388. The highest BCUT2D eigenvalue weighted by Gasteiger charge is 2.15. The van der Waals surface area contributed by atoms with Crippen LogP contribution in [0.1, 0.15) is 23.7 Å². The van der Waals surface area contributed by atoms with Crippen molar-refractivity contribution in [3.8, 4) is 5.88 Å². The van der Waals surface area contributed by atoms with Crippen molar-refractivity contribution in [1.82, 2.24) is 19.7 Å². The number of aromatic nitrogens is 3. The second-order valence-corrected chi connectivity index (χ2v) is 6.37. The largest absolute Gasteiger partial charge is 0.467 e. The van der Waals surface area contributed by atoms with Crippen LogP contribution in [0.25, 0.3) is 11.0 Å². The first-order chi connectivity index (χ1) is 12.5. The zero-order chi connectivity index (χ0) is 18.7. The lowest BCUT2D eigenvalue weighted by molar-refractivity contribution is -0.133. The van der Waals surface area contributed by atoms with E-state index in [9.17, 15) is 4.79 Å². The molecular formula is C20H24N4O2. The summed E-state index contributed by atoms with van der Waals surface area (Å²) >= 11 is 0. The maximum atomic E-state index is 12.5. The fourth-order valence-corrected chi connectivity index (χ4v) is 3.11. The number of nitrogens with zero attached hydrogens (tertiary/aromatic N) is 4. The number of carbonyl (C=O) groups is 1. The Morgan fingerprint density at radius 1 is 1.23 bits per heavy atom. The van der Waals surface area contributed by atoms with Crippen molar-refractivity contribution >= 4 is 16.9 Å². The lowest BCUT2D eigenvalue weighted by Crippen LogP contribution is -2.34. The van der Waals surface area contributed by atoms with Crippen LogP contribution < -0.4 is 4.74 Å². The molecule has 3 aromatic rings. The van der Waals surface area contributed by atoms with Gasteiger partial charge in [0.25, 0.3) is 5.91 Å². The molecule has 0 aliphatic carbocycles. The van der Waals surface area contributed by atoms with E-state index in [1.165, 1.54) is 0 Å². The predicted octanol–water partition coefficient (Wildman–Crippen LogP) is 3.01. The van der Waals surface area contributed by atoms with Crippen LogP contribution in [0, 0.1) is 13.8 Å². The van der Waals surface area contributed by atoms with Gasteiger partial charge in [0.05, 0.1) is 5.69 Å². The molecule has 1 amide bonds. The van der Waals surface area contributed by atoms with Crippen LogP contribution in [0.5, 0.6) is 5.88 Å². The predicted molar refractivity (Wildman–Crippen MR) is 101 cm³/mol. The summed E-state index contributed by atoms with van der Waals surface area (Å²) in [5, 5.41) is 5.43. The third-order valence-corrected chi connectivity index (χ3v) is 4.44. The molecular weight excluding hydrogens is 328 g/mol. The lowest BCUT2D eigenvalue weighted by atomic mass is 10.2. The second-order valence-electron chi connectivity index (χ2n) is 6.37. The summed E-state index contributed by atoms with van der Waals surface area (Å²) in [4.78, 5) is 18.8. The van der Waals surface area contributed by atoms with Gasteiger partial charge < -0.3 is 9.64 Å². The number of likely N-dealkylation sites (N-methyl/N-ethyl adjacent to an activating group) is 1. The molecule has 3 rings (SSSR count). The summed E-state index contributed by atoms with van der Waals surface area (Å²) in [6.45, 7) is 7.10. The Hall–Kier alpha value is -2.89. The van der Waals surface area contributed by atoms with Crippen LogP contribution >= 0.6 is 0 Å². The van der Waals surface area contributed by atoms with E-state index in [-0.39, 0.29) is 12.5 Å². The Bertz CT molecular complexity index is 918. The molecule has 0 N–H and O–H groups in total. The van der Waals surface area contributed by atoms with Crippen molar-refractivity contribution in [2.24, 2.45) is 7.05 Å². The quantitative estimate of drug-likeness (QED) is 0.684. The molecule has 0 saturated carbocycles. The number of amides is 1. The van der Waals surface area contributed by atoms with Crippen molar-refractivity contribution in [3.63, 3.8) is 0 Å². The third-order valence-electron chi connectivity index (χ3n) is 4.44. The molecule has 1 aromatic carbocycles. The topological polar surface area (TPSA) is 60.3 Å². The third kappa shape index (κ3) is 3.69. The monoisotopic (exact) mass is 352 g/mol. The van der Waals surface area contributed by atoms with Gasteiger partial charge in [0.15, 0.2) is 12.3 Å². The van der Waals surface area contributed by atoms with Gasteiger partial charge in [-0.1, -0.05) is 30.3 Å². The zero-order valence-electron chi connectivity index (χ0n) is 15.7. The van der Waals surface area contributed by atoms with E-state index in [0.29, 0.717) is 19.0 Å². The highest BCUT2D eigenvalue weighted by Crippen LogP contribution is 2.23. The normalized spacial score (nSPS) is 10.9. The van der Waals surface area contributed by atoms with E-state index in [1.54, 1.807) is 9.58 Å². The molecule has 0 bridgehead atoms. The van der Waals surface area contributed by atoms with Gasteiger partial charge in [-0.2, -0.15) is 10.1 Å². The summed E-state index contributed by atoms with van der Waals surface area (Å²) < 4.78 is 7.43. The van der Waals surface area contributed by atoms with Crippen LogP contribution in [-0.4, -0.2) is 38.7 Å². The van der Waals surface area contributed by atoms with Gasteiger partial charge in [0.1, 0.15) is 0 Å². The molecule has 2 aromatic heterocycles. The standard InChI is InChI=1S/C20H24N4O2/c1-5-24(12-16-9-7-6-8-10-16)18(25)13-26-17-11-14(2)19-15(3)22-23(4)20(19)21-17/h6-11H,5,12-13H2,1-4H3. The molecule has 0 saturated heterocycles. The number of benzene rings is 1. The molecule has 6 nitrogen and oxygen atoms in total. The van der Waals surface area contributed by atoms with E-state index in [0.717, 1.165) is 27.9 Å². The van der Waals surface area contributed by atoms with Crippen molar-refractivity contribution < 1.29 is 9.53 Å². The van der Waals surface area contributed by atoms with E-state index in [2.05, 4.69) is 10.1 Å². The van der Waals surface area contributed by atoms with Crippen LogP contribution in [0.3, 0.4) is 0 Å². The molecule has 0 aliphatic heterocycles. The maximum Gasteiger partial charge on any atom is 0.260 e. The number of carbonyl (C=O) groups excluding carboxylic acids is 1. The Morgan fingerprint density at radius 2 is 1.96 bits per heavy atom. The van der Waals surface area contributed by atoms with Crippen molar-refractivity contribution in [2.45, 2.75) is 27.3 Å². The zero-order valence-corrected chi connectivity index (χ0v) is 15.7. The first kappa shape index (κ1) is 17.9. The van der Waals surface area contributed by atoms with Gasteiger partial charge in [-0.25, -0.2) is 0 Å². The maximum absolute atomic E-state index is 12.5. The molecule has 6 heteroatoms. The minimum atomic E-state index is -0.0583. The Labute approximate surface area is 153 Å². The van der Waals surface area contributed by atoms with E-state index < -0.39 is 0 Å². The number of ether oxygens (including phenoxy) is 1. The Kier molecular flexibility index (Phi) is 5.21. The van der Waals surface area contributed by atoms with Gasteiger partial charge in [-0.15, -0.1) is 0 Å². The summed E-state index contributed by atoms with van der Waals surface area (Å²) in [7, 11) is 1.86. The molecule has 0 fully saturated rings. The number of fused-ring (bicyclic) bond motifs is 1. The van der Waals surface area contributed by atoms with Gasteiger partial charge in [0.2, 0.25) is 5.88 Å². The number of rotatable bonds is 6. The summed E-state index contributed by atoms with van der Waals surface area (Å²) in [6.07, 6.45) is 0. The first-order valence-electron chi connectivity index (χ1n) is 8.75. The molecule has 26 heavy (non-hydrogen) atoms. The van der Waals surface area contributed by atoms with Crippen molar-refractivity contribution in [3.05, 3.63) is 53.2 Å². The van der Waals surface area contributed by atoms with E-state index in [1.807, 2.05) is 64.2 Å². The molecule has 0 atom stereocenters. The lowest BCUT2D eigenvalue weighted by Gasteiger charge is -2.21. The molecule has 0 spiro atoms. The number of pyridine rings is 1. The van der Waals surface area contributed by atoms with E-state index in [4.69, 9.17) is 4.74 Å². The minimum Gasteiger partial charge on any atom is -0.467 e. The van der Waals surface area contributed by atoms with Crippen LogP contribution in [0.2, 0.25) is 0 Å². The van der Waals surface area contributed by atoms with Crippen LogP contribution in [-0.2, 0) is 18.4 Å². The SMILES string of the molecule is CCN(Cc1ccccc1)C(=O)COc1cc(C)c2c(C)nn(C)c2n1. The first-order valence-corrected chi connectivity index (χ1v) is 8.75. The average Bonchev–Trinajstić information content (AvgIpc) is 2.92. The fraction of sp³-hybridized carbons (Fsp3) is 0.350. The average molecular weight is 352 g/mol. The molecule has 136 valence electrons. The van der Waals surface area contributed by atoms with Crippen LogP contribution in [0.15, 0.2) is 36.4 Å². The number of hydrogen-bond acceptors (Lipinski definition) is 4. The summed E-state index contributed by atoms with van der Waals surface area (Å²) in [6, 6.07) is 11.8. The van der Waals surface area contributed by atoms with Crippen molar-refractivity contribution in [1.29, 1.82) is 0 Å². The van der Waals surface area contributed by atoms with Gasteiger partial charge in [0, 0.05) is 31.6 Å². The number of hydrogen-bond donors (Lipinski definition) is 0. The van der Waals surface area contributed by atoms with Crippen molar-refractivity contribution in [2.75, 3.05) is 13.2 Å². The molecule has 0 aliphatic rings. The summed E-state index contributed by atoms with van der Waals surface area (Å²) in [5.41, 5.74) is 3.85. The molecule has 0 unspecified atom stereocenters. The molecule has 0 radical (unpaired) electrons. The van der Waals surface area contributed by atoms with Gasteiger partial charge in [-0.3, -0.25) is 9.48 Å². The second kappa shape index (κ2) is 7.56. The Balaban J connectivity index is 1.70. The van der Waals surface area contributed by atoms with E-state index >= 15 is 0 Å². The highest BCUT2D eigenvalue weighted by molar-refractivity contribution is 5.82. The fourth-order valence-electron chi connectivity index (χ4n) is 3.11. The number of aryl methyl sites for hydroxylation is 3. The van der Waals surface area contributed by atoms with Gasteiger partial charge in [-0.05, 0) is 31.9 Å². The minimum absolute atomic E-state index is 0.0323.